The molecule has 124 valence electrons. The van der Waals surface area contributed by atoms with Crippen molar-refractivity contribution in [3.63, 3.8) is 0 Å². The predicted octanol–water partition coefficient (Wildman–Crippen LogP) is 2.91. The number of ether oxygens (including phenoxy) is 1. The third-order valence-corrected chi connectivity index (χ3v) is 3.95. The van der Waals surface area contributed by atoms with E-state index in [2.05, 4.69) is 5.32 Å². The summed E-state index contributed by atoms with van der Waals surface area (Å²) in [5.74, 6) is -1.22. The van der Waals surface area contributed by atoms with E-state index in [9.17, 15) is 14.0 Å². The third-order valence-electron chi connectivity index (χ3n) is 3.95. The maximum atomic E-state index is 13.8. The topological polar surface area (TPSA) is 58.6 Å². The Balaban J connectivity index is 1.77. The fourth-order valence-electron chi connectivity index (χ4n) is 2.52. The molecule has 1 aliphatic carbocycles. The van der Waals surface area contributed by atoms with E-state index in [4.69, 9.17) is 4.74 Å². The number of likely N-dealkylation sites (tertiary alicyclic amines) is 1. The lowest BCUT2D eigenvalue weighted by Gasteiger charge is -2.33. The summed E-state index contributed by atoms with van der Waals surface area (Å²) < 4.78 is 19.1. The molecule has 1 saturated heterocycles. The number of rotatable bonds is 2. The van der Waals surface area contributed by atoms with Crippen molar-refractivity contribution < 1.29 is 18.7 Å². The summed E-state index contributed by atoms with van der Waals surface area (Å²) in [6, 6.07) is -0.0855. The number of piperidine rings is 1. The number of carbonyl (C=O) groups excluding carboxylic acids is 2. The Labute approximate surface area is 130 Å². The van der Waals surface area contributed by atoms with E-state index in [0.29, 0.717) is 44.3 Å². The molecule has 1 saturated carbocycles. The second-order valence-electron chi connectivity index (χ2n) is 6.99. The van der Waals surface area contributed by atoms with Gasteiger partial charge in [0.05, 0.1) is 0 Å². The van der Waals surface area contributed by atoms with Crippen molar-refractivity contribution in [1.29, 1.82) is 0 Å². The van der Waals surface area contributed by atoms with E-state index in [0.717, 1.165) is 6.42 Å². The number of hydrogen-bond acceptors (Lipinski definition) is 3. The first-order valence-electron chi connectivity index (χ1n) is 7.92. The SMILES string of the molecule is CC(C)(C)OC(=O)N1CCC(NC(=O)C(F)=C2CCC2)CC1. The zero-order valence-electron chi connectivity index (χ0n) is 13.6. The lowest BCUT2D eigenvalue weighted by atomic mass is 9.91. The molecule has 0 aromatic carbocycles. The molecule has 6 heteroatoms. The maximum absolute atomic E-state index is 13.8. The van der Waals surface area contributed by atoms with E-state index in [1.807, 2.05) is 20.8 Å². The predicted molar refractivity (Wildman–Crippen MR) is 81.0 cm³/mol. The minimum Gasteiger partial charge on any atom is -0.444 e. The van der Waals surface area contributed by atoms with Gasteiger partial charge in [-0.2, -0.15) is 0 Å². The van der Waals surface area contributed by atoms with Crippen LogP contribution in [0.4, 0.5) is 9.18 Å². The van der Waals surface area contributed by atoms with E-state index in [1.54, 1.807) is 4.90 Å². The number of halogens is 1. The summed E-state index contributed by atoms with van der Waals surface area (Å²) in [4.78, 5) is 25.4. The van der Waals surface area contributed by atoms with Gasteiger partial charge in [0.1, 0.15) is 5.60 Å². The fourth-order valence-corrected chi connectivity index (χ4v) is 2.52. The first-order valence-corrected chi connectivity index (χ1v) is 7.92. The second-order valence-corrected chi connectivity index (χ2v) is 6.99. The highest BCUT2D eigenvalue weighted by atomic mass is 19.1. The van der Waals surface area contributed by atoms with Crippen molar-refractivity contribution in [3.05, 3.63) is 11.4 Å². The molecule has 2 aliphatic rings. The van der Waals surface area contributed by atoms with Gasteiger partial charge in [0, 0.05) is 19.1 Å². The molecule has 0 aromatic heterocycles. The van der Waals surface area contributed by atoms with Gasteiger partial charge in [0.2, 0.25) is 0 Å². The highest BCUT2D eigenvalue weighted by Crippen LogP contribution is 2.29. The van der Waals surface area contributed by atoms with Crippen LogP contribution in [-0.4, -0.2) is 41.6 Å². The Morgan fingerprint density at radius 3 is 2.27 bits per heavy atom. The summed E-state index contributed by atoms with van der Waals surface area (Å²) in [7, 11) is 0. The van der Waals surface area contributed by atoms with Crippen molar-refractivity contribution in [2.24, 2.45) is 0 Å². The second kappa shape index (κ2) is 6.67. The van der Waals surface area contributed by atoms with E-state index >= 15 is 0 Å². The first kappa shape index (κ1) is 16.8. The molecule has 1 aliphatic heterocycles. The van der Waals surface area contributed by atoms with Crippen molar-refractivity contribution in [2.45, 2.75) is 64.5 Å². The molecule has 2 fully saturated rings. The van der Waals surface area contributed by atoms with Crippen LogP contribution in [0.2, 0.25) is 0 Å². The summed E-state index contributed by atoms with van der Waals surface area (Å²) in [6.07, 6.45) is 3.25. The molecule has 1 N–H and O–H groups in total. The van der Waals surface area contributed by atoms with Crippen LogP contribution in [0.1, 0.15) is 52.9 Å². The van der Waals surface area contributed by atoms with Crippen molar-refractivity contribution in [2.75, 3.05) is 13.1 Å². The molecule has 2 amide bonds. The van der Waals surface area contributed by atoms with Crippen LogP contribution in [0.25, 0.3) is 0 Å². The molecule has 0 radical (unpaired) electrons. The molecule has 0 spiro atoms. The van der Waals surface area contributed by atoms with Gasteiger partial charge in [-0.3, -0.25) is 4.79 Å². The molecule has 1 heterocycles. The lowest BCUT2D eigenvalue weighted by Crippen LogP contribution is -2.48. The van der Waals surface area contributed by atoms with Crippen molar-refractivity contribution in [1.82, 2.24) is 10.2 Å². The van der Waals surface area contributed by atoms with Gasteiger partial charge in [0.15, 0.2) is 5.83 Å². The quantitative estimate of drug-likeness (QED) is 0.798. The van der Waals surface area contributed by atoms with Crippen LogP contribution in [0.15, 0.2) is 11.4 Å². The number of carbonyl (C=O) groups is 2. The summed E-state index contributed by atoms with van der Waals surface area (Å²) in [5, 5.41) is 2.72. The highest BCUT2D eigenvalue weighted by molar-refractivity contribution is 5.92. The molecule has 0 bridgehead atoms. The van der Waals surface area contributed by atoms with Gasteiger partial charge in [-0.05, 0) is 58.4 Å². The van der Waals surface area contributed by atoms with Crippen LogP contribution < -0.4 is 5.32 Å². The van der Waals surface area contributed by atoms with Gasteiger partial charge in [-0.15, -0.1) is 0 Å². The normalized spacial score (nSPS) is 19.5. The minimum absolute atomic E-state index is 0.0855. The first-order chi connectivity index (χ1) is 10.3. The number of nitrogens with zero attached hydrogens (tertiary/aromatic N) is 1. The average molecular weight is 312 g/mol. The molecular weight excluding hydrogens is 287 g/mol. The van der Waals surface area contributed by atoms with E-state index < -0.39 is 17.3 Å². The Bertz CT molecular complexity index is 468. The Morgan fingerprint density at radius 1 is 1.23 bits per heavy atom. The molecule has 0 atom stereocenters. The monoisotopic (exact) mass is 312 g/mol. The van der Waals surface area contributed by atoms with Crippen LogP contribution in [0.3, 0.4) is 0 Å². The summed E-state index contributed by atoms with van der Waals surface area (Å²) in [5.41, 5.74) is 0.115. The molecule has 0 unspecified atom stereocenters. The van der Waals surface area contributed by atoms with Gasteiger partial charge < -0.3 is 15.0 Å². The van der Waals surface area contributed by atoms with Crippen molar-refractivity contribution in [3.8, 4) is 0 Å². The van der Waals surface area contributed by atoms with Crippen LogP contribution in [0.5, 0.6) is 0 Å². The third kappa shape index (κ3) is 4.45. The summed E-state index contributed by atoms with van der Waals surface area (Å²) >= 11 is 0. The molecular formula is C16H25FN2O3. The molecule has 2 rings (SSSR count). The number of nitrogens with one attached hydrogen (secondary N) is 1. The molecule has 5 nitrogen and oxygen atoms in total. The van der Waals surface area contributed by atoms with E-state index in [-0.39, 0.29) is 12.1 Å². The average Bonchev–Trinajstić information content (AvgIpc) is 2.35. The molecule has 22 heavy (non-hydrogen) atoms. The van der Waals surface area contributed by atoms with Crippen LogP contribution >= 0.6 is 0 Å². The fraction of sp³-hybridized carbons (Fsp3) is 0.750. The zero-order chi connectivity index (χ0) is 16.3. The largest absolute Gasteiger partial charge is 0.444 e. The van der Waals surface area contributed by atoms with E-state index in [1.165, 1.54) is 0 Å². The zero-order valence-corrected chi connectivity index (χ0v) is 13.6. The lowest BCUT2D eigenvalue weighted by molar-refractivity contribution is -0.120. The van der Waals surface area contributed by atoms with Crippen LogP contribution in [-0.2, 0) is 9.53 Å². The number of allylic oxidation sites excluding steroid dienone is 1. The van der Waals surface area contributed by atoms with Gasteiger partial charge in [-0.25, -0.2) is 9.18 Å². The van der Waals surface area contributed by atoms with Crippen LogP contribution in [0, 0.1) is 0 Å². The number of hydrogen-bond donors (Lipinski definition) is 1. The smallest absolute Gasteiger partial charge is 0.410 e. The van der Waals surface area contributed by atoms with Gasteiger partial charge in [-0.1, -0.05) is 0 Å². The van der Waals surface area contributed by atoms with Gasteiger partial charge in [0.25, 0.3) is 5.91 Å². The Morgan fingerprint density at radius 2 is 1.82 bits per heavy atom. The maximum Gasteiger partial charge on any atom is 0.410 e. The van der Waals surface area contributed by atoms with Gasteiger partial charge >= 0.3 is 6.09 Å². The standard InChI is InChI=1S/C16H25FN2O3/c1-16(2,3)22-15(21)19-9-7-12(8-10-19)18-14(20)13(17)11-5-4-6-11/h12H,4-10H2,1-3H3,(H,18,20). The Hall–Kier alpha value is -1.59. The number of amides is 2. The highest BCUT2D eigenvalue weighted by Gasteiger charge is 2.28. The molecule has 0 aromatic rings. The summed E-state index contributed by atoms with van der Waals surface area (Å²) in [6.45, 7) is 6.51. The minimum atomic E-state index is -0.610. The van der Waals surface area contributed by atoms with Crippen molar-refractivity contribution >= 4 is 12.0 Å². The Kier molecular flexibility index (Phi) is 5.08.